The van der Waals surface area contributed by atoms with Gasteiger partial charge in [0.25, 0.3) is 0 Å². The van der Waals surface area contributed by atoms with E-state index in [9.17, 15) is 24.6 Å². The van der Waals surface area contributed by atoms with Crippen LogP contribution in [0.4, 0.5) is 0 Å². The molecule has 0 radical (unpaired) electrons. The fraction of sp³-hybridized carbons (Fsp3) is 0.625. The van der Waals surface area contributed by atoms with Gasteiger partial charge in [-0.05, 0) is 43.4 Å². The molecule has 8 heteroatoms. The summed E-state index contributed by atoms with van der Waals surface area (Å²) in [5, 5.41) is 21.7. The largest absolute Gasteiger partial charge is 0.497 e. The van der Waals surface area contributed by atoms with E-state index in [0.717, 1.165) is 24.8 Å². The molecule has 3 N–H and O–H groups in total. The summed E-state index contributed by atoms with van der Waals surface area (Å²) in [6.45, 7) is 2.23. The van der Waals surface area contributed by atoms with Gasteiger partial charge in [0, 0.05) is 0 Å². The van der Waals surface area contributed by atoms with Crippen LogP contribution in [-0.4, -0.2) is 47.8 Å². The lowest BCUT2D eigenvalue weighted by molar-refractivity contribution is -0.144. The van der Waals surface area contributed by atoms with Crippen molar-refractivity contribution in [2.24, 2.45) is 11.3 Å². The molecule has 1 aromatic rings. The minimum absolute atomic E-state index is 0.0443. The van der Waals surface area contributed by atoms with Gasteiger partial charge in [-0.2, -0.15) is 0 Å². The molecule has 1 aliphatic carbocycles. The highest BCUT2D eigenvalue weighted by molar-refractivity contribution is 5.84. The highest BCUT2D eigenvalue weighted by Gasteiger charge is 2.44. The van der Waals surface area contributed by atoms with Gasteiger partial charge < -0.3 is 25.0 Å². The van der Waals surface area contributed by atoms with Crippen LogP contribution in [0, 0.1) is 11.3 Å². The maximum Gasteiger partial charge on any atom is 0.306 e. The average Bonchev–Trinajstić information content (AvgIpc) is 3.23. The number of hydrogen-bond donors (Lipinski definition) is 3. The van der Waals surface area contributed by atoms with Crippen molar-refractivity contribution in [2.75, 3.05) is 13.7 Å². The van der Waals surface area contributed by atoms with E-state index in [1.807, 2.05) is 31.2 Å². The molecular weight excluding hydrogens is 414 g/mol. The van der Waals surface area contributed by atoms with Gasteiger partial charge in [-0.15, -0.1) is 0 Å². The van der Waals surface area contributed by atoms with Crippen LogP contribution < -0.4 is 10.1 Å². The molecule has 1 fully saturated rings. The first-order chi connectivity index (χ1) is 15.3. The monoisotopic (exact) mass is 449 g/mol. The van der Waals surface area contributed by atoms with Gasteiger partial charge in [-0.3, -0.25) is 14.4 Å². The Morgan fingerprint density at radius 1 is 1.19 bits per heavy atom. The number of ether oxygens (including phenoxy) is 2. The fourth-order valence-electron chi connectivity index (χ4n) is 4.49. The zero-order valence-corrected chi connectivity index (χ0v) is 19.0. The second-order valence-electron chi connectivity index (χ2n) is 8.65. The van der Waals surface area contributed by atoms with Crippen molar-refractivity contribution in [3.8, 4) is 5.75 Å². The van der Waals surface area contributed by atoms with Gasteiger partial charge in [-0.25, -0.2) is 0 Å². The van der Waals surface area contributed by atoms with Crippen molar-refractivity contribution in [1.82, 2.24) is 5.32 Å². The molecule has 0 saturated heterocycles. The Kier molecular flexibility index (Phi) is 9.97. The highest BCUT2D eigenvalue weighted by Crippen LogP contribution is 2.44. The number of carboxylic acid groups (broad SMARTS) is 2. The van der Waals surface area contributed by atoms with Crippen LogP contribution in [0.25, 0.3) is 0 Å². The second-order valence-corrected chi connectivity index (χ2v) is 8.65. The summed E-state index contributed by atoms with van der Waals surface area (Å²) in [5.74, 6) is -2.05. The summed E-state index contributed by atoms with van der Waals surface area (Å²) in [6, 6.07) is 6.67. The lowest BCUT2D eigenvalue weighted by atomic mass is 9.75. The van der Waals surface area contributed by atoms with Crippen LogP contribution in [0.3, 0.4) is 0 Å². The van der Waals surface area contributed by atoms with Gasteiger partial charge in [0.05, 0.1) is 44.1 Å². The van der Waals surface area contributed by atoms with Crippen LogP contribution in [-0.2, 0) is 25.7 Å². The Morgan fingerprint density at radius 3 is 2.50 bits per heavy atom. The number of nitrogens with one attached hydrogen (secondary N) is 1. The Bertz CT molecular complexity index is 773. The topological polar surface area (TPSA) is 122 Å². The summed E-state index contributed by atoms with van der Waals surface area (Å²) in [7, 11) is 1.58. The predicted octanol–water partition coefficient (Wildman–Crippen LogP) is 3.62. The van der Waals surface area contributed by atoms with Crippen LogP contribution >= 0.6 is 0 Å². The van der Waals surface area contributed by atoms with Crippen molar-refractivity contribution < 1.29 is 34.1 Å². The van der Waals surface area contributed by atoms with Crippen LogP contribution in [0.5, 0.6) is 5.75 Å². The van der Waals surface area contributed by atoms with Gasteiger partial charge in [-0.1, -0.05) is 38.3 Å². The predicted molar refractivity (Wildman–Crippen MR) is 118 cm³/mol. The van der Waals surface area contributed by atoms with Crippen molar-refractivity contribution in [3.63, 3.8) is 0 Å². The lowest BCUT2D eigenvalue weighted by Crippen LogP contribution is -2.48. The molecule has 1 aromatic carbocycles. The van der Waals surface area contributed by atoms with Gasteiger partial charge >= 0.3 is 11.9 Å². The summed E-state index contributed by atoms with van der Waals surface area (Å²) < 4.78 is 10.9. The number of carbonyl (C=O) groups is 3. The molecular formula is C24H35NO7. The number of benzene rings is 1. The zero-order valence-electron chi connectivity index (χ0n) is 19.0. The molecule has 0 heterocycles. The van der Waals surface area contributed by atoms with Crippen LogP contribution in [0.15, 0.2) is 24.3 Å². The average molecular weight is 450 g/mol. The number of methoxy groups -OCH3 is 1. The van der Waals surface area contributed by atoms with E-state index in [0.29, 0.717) is 25.0 Å². The van der Waals surface area contributed by atoms with E-state index in [4.69, 9.17) is 9.47 Å². The molecule has 178 valence electrons. The Labute approximate surface area is 189 Å². The molecule has 0 unspecified atom stereocenters. The first-order valence-electron chi connectivity index (χ1n) is 11.3. The first kappa shape index (κ1) is 25.6. The normalized spacial score (nSPS) is 16.8. The maximum absolute atomic E-state index is 13.3. The minimum atomic E-state index is -1.03. The second kappa shape index (κ2) is 12.4. The number of carboxylic acids is 2. The fourth-order valence-corrected chi connectivity index (χ4v) is 4.49. The number of hydrogen-bond acceptors (Lipinski definition) is 5. The van der Waals surface area contributed by atoms with Gasteiger partial charge in [0.15, 0.2) is 0 Å². The highest BCUT2D eigenvalue weighted by atomic mass is 16.5. The third kappa shape index (κ3) is 7.51. The van der Waals surface area contributed by atoms with Crippen LogP contribution in [0.2, 0.25) is 0 Å². The molecule has 0 aliphatic heterocycles. The van der Waals surface area contributed by atoms with E-state index >= 15 is 0 Å². The van der Waals surface area contributed by atoms with Crippen molar-refractivity contribution in [3.05, 3.63) is 29.8 Å². The van der Waals surface area contributed by atoms with Gasteiger partial charge in [0.2, 0.25) is 5.91 Å². The number of rotatable bonds is 14. The minimum Gasteiger partial charge on any atom is -0.497 e. The molecule has 0 aromatic heterocycles. The summed E-state index contributed by atoms with van der Waals surface area (Å²) in [5.41, 5.74) is 0.114. The summed E-state index contributed by atoms with van der Waals surface area (Å²) in [6.07, 6.45) is 4.24. The number of aliphatic carboxylic acids is 2. The SMILES string of the molecule is CCC[C@H](CC1(C(=O)N[C@H](COCc2cccc(OC)c2)CC(=O)O)CCCC1)C(=O)O. The molecule has 2 atom stereocenters. The van der Waals surface area contributed by atoms with E-state index < -0.39 is 29.3 Å². The van der Waals surface area contributed by atoms with Crippen LogP contribution in [0.1, 0.15) is 63.9 Å². The third-order valence-electron chi connectivity index (χ3n) is 6.14. The van der Waals surface area contributed by atoms with E-state index in [1.54, 1.807) is 7.11 Å². The van der Waals surface area contributed by atoms with E-state index in [1.165, 1.54) is 0 Å². The maximum atomic E-state index is 13.3. The molecule has 2 rings (SSSR count). The Hall–Kier alpha value is -2.61. The number of carbonyl (C=O) groups excluding carboxylic acids is 1. The Balaban J connectivity index is 2.03. The van der Waals surface area contributed by atoms with Gasteiger partial charge in [0.1, 0.15) is 5.75 Å². The first-order valence-corrected chi connectivity index (χ1v) is 11.3. The third-order valence-corrected chi connectivity index (χ3v) is 6.14. The molecule has 8 nitrogen and oxygen atoms in total. The standard InChI is InChI=1S/C24H35NO7/c1-3-7-18(22(28)29)14-24(10-4-5-11-24)23(30)25-19(13-21(26)27)16-32-15-17-8-6-9-20(12-17)31-2/h6,8-9,12,18-19H,3-5,7,10-11,13-16H2,1-2H3,(H,25,30)(H,26,27)(H,28,29)/t18-,19+/m1/s1. The number of amides is 1. The smallest absolute Gasteiger partial charge is 0.306 e. The summed E-state index contributed by atoms with van der Waals surface area (Å²) in [4.78, 5) is 36.3. The van der Waals surface area contributed by atoms with Crippen molar-refractivity contribution >= 4 is 17.8 Å². The quantitative estimate of drug-likeness (QED) is 0.396. The molecule has 1 saturated carbocycles. The van der Waals surface area contributed by atoms with Crippen molar-refractivity contribution in [2.45, 2.75) is 70.9 Å². The zero-order chi connectivity index (χ0) is 23.6. The van der Waals surface area contributed by atoms with E-state index in [-0.39, 0.29) is 32.0 Å². The molecule has 1 aliphatic rings. The van der Waals surface area contributed by atoms with Crippen molar-refractivity contribution in [1.29, 1.82) is 0 Å². The molecule has 32 heavy (non-hydrogen) atoms. The summed E-state index contributed by atoms with van der Waals surface area (Å²) >= 11 is 0. The Morgan fingerprint density at radius 2 is 1.91 bits per heavy atom. The molecule has 1 amide bonds. The lowest BCUT2D eigenvalue weighted by Gasteiger charge is -2.32. The molecule has 0 spiro atoms. The van der Waals surface area contributed by atoms with E-state index in [2.05, 4.69) is 5.32 Å². The molecule has 0 bridgehead atoms.